The summed E-state index contributed by atoms with van der Waals surface area (Å²) in [6.07, 6.45) is 10.5. The maximum absolute atomic E-state index is 13.9. The number of hydrogen-bond acceptors (Lipinski definition) is 6. The summed E-state index contributed by atoms with van der Waals surface area (Å²) in [7, 11) is 0. The zero-order valence-electron chi connectivity index (χ0n) is 25.6. The summed E-state index contributed by atoms with van der Waals surface area (Å²) < 4.78 is 18.5. The highest BCUT2D eigenvalue weighted by Gasteiger charge is 2.53. The molecule has 8 aliphatic rings. The Hall–Kier alpha value is -2.86. The fourth-order valence-electron chi connectivity index (χ4n) is 10.7. The van der Waals surface area contributed by atoms with E-state index in [-0.39, 0.29) is 18.6 Å². The average molecular weight is 599 g/mol. The monoisotopic (exact) mass is 598 g/mol. The van der Waals surface area contributed by atoms with Crippen LogP contribution in [0.25, 0.3) is 0 Å². The smallest absolute Gasteiger partial charge is 0.320 e. The third-order valence-electron chi connectivity index (χ3n) is 12.3. The molecule has 234 valence electrons. The lowest BCUT2D eigenvalue weighted by molar-refractivity contribution is -0.190. The number of rotatable bonds is 10. The first-order chi connectivity index (χ1) is 21.4. The van der Waals surface area contributed by atoms with Gasteiger partial charge in [0, 0.05) is 6.42 Å². The minimum Gasteiger partial charge on any atom is -0.489 e. The summed E-state index contributed by atoms with van der Waals surface area (Å²) in [5, 5.41) is 11.3. The minimum atomic E-state index is -1.13. The Balaban J connectivity index is 0.962. The van der Waals surface area contributed by atoms with E-state index in [2.05, 4.69) is 0 Å². The number of ether oxygens (including phenoxy) is 3. The fourth-order valence-corrected chi connectivity index (χ4v) is 10.7. The van der Waals surface area contributed by atoms with E-state index < -0.39 is 24.0 Å². The van der Waals surface area contributed by atoms with E-state index in [1.807, 2.05) is 54.6 Å². The summed E-state index contributed by atoms with van der Waals surface area (Å²) in [6, 6.07) is 17.3. The van der Waals surface area contributed by atoms with Gasteiger partial charge in [0.2, 0.25) is 0 Å². The molecule has 6 heteroatoms. The molecule has 0 aliphatic heterocycles. The lowest BCUT2D eigenvalue weighted by atomic mass is 9.55. The van der Waals surface area contributed by atoms with E-state index in [0.29, 0.717) is 41.6 Å². The van der Waals surface area contributed by atoms with Crippen LogP contribution in [0.3, 0.4) is 0 Å². The van der Waals surface area contributed by atoms with Crippen LogP contribution < -0.4 is 4.74 Å². The molecule has 6 nitrogen and oxygen atoms in total. The molecule has 0 spiro atoms. The second-order valence-electron chi connectivity index (χ2n) is 15.3. The van der Waals surface area contributed by atoms with E-state index in [1.165, 1.54) is 12.8 Å². The molecule has 0 radical (unpaired) electrons. The zero-order chi connectivity index (χ0) is 29.8. The van der Waals surface area contributed by atoms with Gasteiger partial charge >= 0.3 is 11.9 Å². The van der Waals surface area contributed by atoms with Crippen molar-refractivity contribution in [2.45, 2.75) is 95.5 Å². The minimum absolute atomic E-state index is 0.0392. The van der Waals surface area contributed by atoms with Gasteiger partial charge in [0.05, 0.1) is 6.10 Å². The van der Waals surface area contributed by atoms with Gasteiger partial charge in [0.1, 0.15) is 24.6 Å². The van der Waals surface area contributed by atoms with Crippen molar-refractivity contribution in [2.24, 2.45) is 53.3 Å². The Morgan fingerprint density at radius 3 is 1.55 bits per heavy atom. The highest BCUT2D eigenvalue weighted by Crippen LogP contribution is 2.56. The molecule has 2 aromatic rings. The van der Waals surface area contributed by atoms with Crippen molar-refractivity contribution >= 4 is 11.9 Å². The Kier molecular flexibility index (Phi) is 7.68. The number of esters is 2. The SMILES string of the molecule is O=C(OC1C2CC3CC(C2)CC1C3)C(C[C@H](O)c1ccc(OCc2ccccc2)cc1)C(=O)OC1C2CC3CC(C2)CC1C3. The van der Waals surface area contributed by atoms with Crippen molar-refractivity contribution in [2.75, 3.05) is 0 Å². The zero-order valence-corrected chi connectivity index (χ0v) is 25.6. The first-order valence-electron chi connectivity index (χ1n) is 17.3. The van der Waals surface area contributed by atoms with Crippen molar-refractivity contribution in [3.63, 3.8) is 0 Å². The van der Waals surface area contributed by atoms with Crippen molar-refractivity contribution < 1.29 is 28.9 Å². The van der Waals surface area contributed by atoms with Gasteiger partial charge in [-0.05, 0) is 135 Å². The van der Waals surface area contributed by atoms with E-state index in [4.69, 9.17) is 14.2 Å². The van der Waals surface area contributed by atoms with Crippen LogP contribution in [-0.2, 0) is 25.7 Å². The third-order valence-corrected chi connectivity index (χ3v) is 12.3. The number of carbonyl (C=O) groups excluding carboxylic acids is 2. The number of benzene rings is 2. The molecule has 1 atom stereocenters. The summed E-state index contributed by atoms with van der Waals surface area (Å²) in [4.78, 5) is 27.8. The van der Waals surface area contributed by atoms with Crippen LogP contribution >= 0.6 is 0 Å². The lowest BCUT2D eigenvalue weighted by Gasteiger charge is -2.54. The van der Waals surface area contributed by atoms with Crippen molar-refractivity contribution in [1.82, 2.24) is 0 Å². The standard InChI is InChI=1S/C38H46O6/c39-34(27-6-8-32(9-7-27)42-21-22-4-2-1-3-5-22)20-33(37(40)43-35-28-12-23-10-24(14-28)15-29(35)13-23)38(41)44-36-30-16-25-11-26(18-30)19-31(36)17-25/h1-9,23-26,28-31,33-36,39H,10-21H2/t23?,24?,25?,26?,28?,29?,30?,31?,33?,34-,35?,36?/m0/s1. The fraction of sp³-hybridized carbons (Fsp3) is 0.632. The van der Waals surface area contributed by atoms with Crippen molar-refractivity contribution in [1.29, 1.82) is 0 Å². The second kappa shape index (κ2) is 11.8. The maximum atomic E-state index is 13.9. The molecule has 0 heterocycles. The quantitative estimate of drug-likeness (QED) is 0.233. The topological polar surface area (TPSA) is 82.1 Å². The van der Waals surface area contributed by atoms with E-state index >= 15 is 0 Å². The predicted molar refractivity (Wildman–Crippen MR) is 164 cm³/mol. The van der Waals surface area contributed by atoms with E-state index in [9.17, 15) is 14.7 Å². The number of aliphatic hydroxyl groups is 1. The molecule has 8 aliphatic carbocycles. The number of carbonyl (C=O) groups is 2. The van der Waals surface area contributed by atoms with Gasteiger partial charge in [0.25, 0.3) is 0 Å². The van der Waals surface area contributed by atoms with Crippen LogP contribution in [0.1, 0.15) is 87.9 Å². The average Bonchev–Trinajstić information content (AvgIpc) is 3.02. The highest BCUT2D eigenvalue weighted by atomic mass is 16.6. The molecule has 2 aromatic carbocycles. The molecule has 0 unspecified atom stereocenters. The van der Waals surface area contributed by atoms with Gasteiger partial charge in [-0.3, -0.25) is 9.59 Å². The normalized spacial score (nSPS) is 37.4. The van der Waals surface area contributed by atoms with Crippen molar-refractivity contribution in [3.8, 4) is 5.75 Å². The maximum Gasteiger partial charge on any atom is 0.320 e. The molecule has 0 aromatic heterocycles. The summed E-state index contributed by atoms with van der Waals surface area (Å²) in [6.45, 7) is 0.456. The lowest BCUT2D eigenvalue weighted by Crippen LogP contribution is -2.52. The largest absolute Gasteiger partial charge is 0.489 e. The van der Waals surface area contributed by atoms with Crippen LogP contribution in [0.5, 0.6) is 5.75 Å². The van der Waals surface area contributed by atoms with Gasteiger partial charge in [-0.25, -0.2) is 0 Å². The molecular weight excluding hydrogens is 552 g/mol. The Labute approximate surface area is 260 Å². The van der Waals surface area contributed by atoms with Gasteiger partial charge in [-0.15, -0.1) is 0 Å². The van der Waals surface area contributed by atoms with E-state index in [0.717, 1.165) is 80.6 Å². The van der Waals surface area contributed by atoms with E-state index in [1.54, 1.807) is 0 Å². The number of aliphatic hydroxyl groups excluding tert-OH is 1. The summed E-state index contributed by atoms with van der Waals surface area (Å²) in [5.41, 5.74) is 1.72. The number of hydrogen-bond donors (Lipinski definition) is 1. The Morgan fingerprint density at radius 2 is 1.09 bits per heavy atom. The van der Waals surface area contributed by atoms with Crippen LogP contribution in [0.2, 0.25) is 0 Å². The Morgan fingerprint density at radius 1 is 0.636 bits per heavy atom. The predicted octanol–water partition coefficient (Wildman–Crippen LogP) is 7.04. The molecule has 10 rings (SSSR count). The molecule has 44 heavy (non-hydrogen) atoms. The molecule has 0 saturated heterocycles. The molecule has 8 saturated carbocycles. The van der Waals surface area contributed by atoms with Crippen LogP contribution in [0.4, 0.5) is 0 Å². The van der Waals surface area contributed by atoms with Gasteiger partial charge in [0.15, 0.2) is 5.92 Å². The summed E-state index contributed by atoms with van der Waals surface area (Å²) >= 11 is 0. The van der Waals surface area contributed by atoms with Crippen LogP contribution in [0.15, 0.2) is 54.6 Å². The second-order valence-corrected chi connectivity index (χ2v) is 15.3. The van der Waals surface area contributed by atoms with Gasteiger partial charge in [-0.2, -0.15) is 0 Å². The molecular formula is C38H46O6. The highest BCUT2D eigenvalue weighted by molar-refractivity contribution is 5.95. The first kappa shape index (κ1) is 28.6. The molecule has 1 N–H and O–H groups in total. The first-order valence-corrected chi connectivity index (χ1v) is 17.3. The van der Waals surface area contributed by atoms with Crippen molar-refractivity contribution in [3.05, 3.63) is 65.7 Å². The molecule has 0 amide bonds. The van der Waals surface area contributed by atoms with Crippen LogP contribution in [0, 0.1) is 53.3 Å². The van der Waals surface area contributed by atoms with Crippen LogP contribution in [-0.4, -0.2) is 29.3 Å². The molecule has 8 bridgehead atoms. The third kappa shape index (κ3) is 5.68. The van der Waals surface area contributed by atoms with Gasteiger partial charge < -0.3 is 19.3 Å². The van der Waals surface area contributed by atoms with Gasteiger partial charge in [-0.1, -0.05) is 42.5 Å². The molecule has 8 fully saturated rings. The summed E-state index contributed by atoms with van der Waals surface area (Å²) in [5.74, 6) is 3.27. The Bertz CT molecular complexity index is 1220.